The number of aliphatic carboxylic acids is 1. The van der Waals surface area contributed by atoms with Gasteiger partial charge >= 0.3 is 5.97 Å². The molecule has 0 aliphatic rings. The molecular weight excluding hydrogens is 282 g/mol. The molecule has 112 valence electrons. The number of carboxylic acid groups (broad SMARTS) is 1. The summed E-state index contributed by atoms with van der Waals surface area (Å²) in [6, 6.07) is 3.37. The summed E-state index contributed by atoms with van der Waals surface area (Å²) in [5, 5.41) is 19.8. The van der Waals surface area contributed by atoms with Crippen LogP contribution < -0.4 is 5.32 Å². The van der Waals surface area contributed by atoms with Crippen LogP contribution in [0.5, 0.6) is 0 Å². The van der Waals surface area contributed by atoms with Crippen LogP contribution in [0.15, 0.2) is 18.2 Å². The minimum Gasteiger partial charge on any atom is -0.480 e. The van der Waals surface area contributed by atoms with Crippen LogP contribution in [0.2, 0.25) is 0 Å². The molecule has 0 heterocycles. The van der Waals surface area contributed by atoms with Crippen molar-refractivity contribution in [1.82, 2.24) is 5.32 Å². The molecule has 1 rings (SSSR count). The SMILES string of the molecule is C[C@H](CC#N)[C@@H](NC(=O)Cc1ccc(F)cc1F)C(=O)O. The van der Waals surface area contributed by atoms with E-state index in [0.717, 1.165) is 12.1 Å². The third kappa shape index (κ3) is 4.84. The van der Waals surface area contributed by atoms with Crippen molar-refractivity contribution in [1.29, 1.82) is 5.26 Å². The first kappa shape index (κ1) is 16.6. The lowest BCUT2D eigenvalue weighted by Gasteiger charge is -2.19. The summed E-state index contributed by atoms with van der Waals surface area (Å²) in [7, 11) is 0. The van der Waals surface area contributed by atoms with Crippen molar-refractivity contribution in [3.63, 3.8) is 0 Å². The molecule has 0 aliphatic carbocycles. The Hall–Kier alpha value is -2.49. The minimum absolute atomic E-state index is 0.0361. The van der Waals surface area contributed by atoms with Crippen molar-refractivity contribution >= 4 is 11.9 Å². The van der Waals surface area contributed by atoms with Gasteiger partial charge in [-0.15, -0.1) is 0 Å². The lowest BCUT2D eigenvalue weighted by molar-refractivity contribution is -0.143. The van der Waals surface area contributed by atoms with Crippen LogP contribution in [-0.4, -0.2) is 23.0 Å². The number of hydrogen-bond acceptors (Lipinski definition) is 3. The van der Waals surface area contributed by atoms with Crippen LogP contribution in [0.3, 0.4) is 0 Å². The van der Waals surface area contributed by atoms with Crippen LogP contribution >= 0.6 is 0 Å². The zero-order valence-corrected chi connectivity index (χ0v) is 11.3. The Morgan fingerprint density at radius 2 is 2.10 bits per heavy atom. The molecule has 1 aromatic carbocycles. The van der Waals surface area contributed by atoms with E-state index in [1.807, 2.05) is 6.07 Å². The molecule has 5 nitrogen and oxygen atoms in total. The zero-order valence-electron chi connectivity index (χ0n) is 11.3. The highest BCUT2D eigenvalue weighted by molar-refractivity contribution is 5.85. The Morgan fingerprint density at radius 3 is 2.62 bits per heavy atom. The lowest BCUT2D eigenvalue weighted by atomic mass is 9.98. The second kappa shape index (κ2) is 7.33. The smallest absolute Gasteiger partial charge is 0.326 e. The Morgan fingerprint density at radius 1 is 1.43 bits per heavy atom. The van der Waals surface area contributed by atoms with Gasteiger partial charge in [0.25, 0.3) is 0 Å². The Bertz CT molecular complexity index is 584. The van der Waals surface area contributed by atoms with Gasteiger partial charge in [-0.1, -0.05) is 13.0 Å². The summed E-state index contributed by atoms with van der Waals surface area (Å²) in [4.78, 5) is 22.8. The van der Waals surface area contributed by atoms with Crippen molar-refractivity contribution < 1.29 is 23.5 Å². The minimum atomic E-state index is -1.27. The number of carbonyl (C=O) groups is 2. The van der Waals surface area contributed by atoms with E-state index >= 15 is 0 Å². The summed E-state index contributed by atoms with van der Waals surface area (Å²) in [6.45, 7) is 1.51. The van der Waals surface area contributed by atoms with E-state index in [4.69, 9.17) is 10.4 Å². The third-order valence-corrected chi connectivity index (χ3v) is 2.93. The van der Waals surface area contributed by atoms with Crippen LogP contribution in [0.1, 0.15) is 18.9 Å². The molecule has 0 aliphatic heterocycles. The predicted octanol–water partition coefficient (Wildman–Crippen LogP) is 1.63. The number of nitrogens with zero attached hydrogens (tertiary/aromatic N) is 1. The number of carbonyl (C=O) groups excluding carboxylic acids is 1. The highest BCUT2D eigenvalue weighted by atomic mass is 19.1. The summed E-state index contributed by atoms with van der Waals surface area (Å²) in [5.74, 6) is -4.21. The molecule has 1 aromatic rings. The van der Waals surface area contributed by atoms with Gasteiger partial charge < -0.3 is 10.4 Å². The highest BCUT2D eigenvalue weighted by Gasteiger charge is 2.26. The second-order valence-electron chi connectivity index (χ2n) is 4.64. The number of nitriles is 1. The molecule has 0 spiro atoms. The van der Waals surface area contributed by atoms with Gasteiger partial charge in [0.2, 0.25) is 5.91 Å². The molecule has 0 saturated heterocycles. The molecule has 2 atom stereocenters. The first-order valence-corrected chi connectivity index (χ1v) is 6.18. The van der Waals surface area contributed by atoms with Gasteiger partial charge in [-0.3, -0.25) is 4.79 Å². The number of halogens is 2. The Balaban J connectivity index is 2.74. The van der Waals surface area contributed by atoms with Crippen LogP contribution in [0.4, 0.5) is 8.78 Å². The Kier molecular flexibility index (Phi) is 5.79. The van der Waals surface area contributed by atoms with Gasteiger partial charge in [-0.05, 0) is 11.6 Å². The molecule has 21 heavy (non-hydrogen) atoms. The summed E-state index contributed by atoms with van der Waals surface area (Å²) in [6.07, 6.45) is -0.447. The van der Waals surface area contributed by atoms with E-state index in [9.17, 15) is 18.4 Å². The summed E-state index contributed by atoms with van der Waals surface area (Å²) >= 11 is 0. The molecule has 0 aromatic heterocycles. The maximum atomic E-state index is 13.4. The quantitative estimate of drug-likeness (QED) is 0.834. The van der Waals surface area contributed by atoms with E-state index in [1.165, 1.54) is 6.92 Å². The molecular formula is C14H14F2N2O3. The van der Waals surface area contributed by atoms with Gasteiger partial charge in [-0.2, -0.15) is 5.26 Å². The fourth-order valence-corrected chi connectivity index (χ4v) is 1.77. The number of amides is 1. The van der Waals surface area contributed by atoms with Gasteiger partial charge in [0.1, 0.15) is 17.7 Å². The number of benzene rings is 1. The van der Waals surface area contributed by atoms with E-state index in [2.05, 4.69) is 5.32 Å². The first-order valence-electron chi connectivity index (χ1n) is 6.18. The number of hydrogen-bond donors (Lipinski definition) is 2. The van der Waals surface area contributed by atoms with Crippen molar-refractivity contribution in [2.45, 2.75) is 25.8 Å². The largest absolute Gasteiger partial charge is 0.480 e. The second-order valence-corrected chi connectivity index (χ2v) is 4.64. The fraction of sp³-hybridized carbons (Fsp3) is 0.357. The summed E-state index contributed by atoms with van der Waals surface area (Å²) in [5.41, 5.74) is -0.0361. The van der Waals surface area contributed by atoms with Crippen molar-refractivity contribution in [2.75, 3.05) is 0 Å². The van der Waals surface area contributed by atoms with Gasteiger partial charge in [0, 0.05) is 18.4 Å². The molecule has 0 saturated carbocycles. The van der Waals surface area contributed by atoms with Crippen LogP contribution in [-0.2, 0) is 16.0 Å². The average Bonchev–Trinajstić information content (AvgIpc) is 2.39. The molecule has 7 heteroatoms. The number of carboxylic acids is 1. The third-order valence-electron chi connectivity index (χ3n) is 2.93. The van der Waals surface area contributed by atoms with E-state index in [1.54, 1.807) is 0 Å². The van der Waals surface area contributed by atoms with E-state index in [0.29, 0.717) is 6.07 Å². The first-order chi connectivity index (χ1) is 9.85. The van der Waals surface area contributed by atoms with Crippen molar-refractivity contribution in [2.24, 2.45) is 5.92 Å². The van der Waals surface area contributed by atoms with Gasteiger partial charge in [-0.25, -0.2) is 13.6 Å². The monoisotopic (exact) mass is 296 g/mol. The lowest BCUT2D eigenvalue weighted by Crippen LogP contribution is -2.45. The van der Waals surface area contributed by atoms with Crippen molar-refractivity contribution in [3.05, 3.63) is 35.4 Å². The normalized spacial score (nSPS) is 13.0. The topological polar surface area (TPSA) is 90.2 Å². The van der Waals surface area contributed by atoms with E-state index < -0.39 is 41.9 Å². The molecule has 1 amide bonds. The van der Waals surface area contributed by atoms with Crippen LogP contribution in [0.25, 0.3) is 0 Å². The molecule has 2 N–H and O–H groups in total. The molecule has 0 unspecified atom stereocenters. The maximum Gasteiger partial charge on any atom is 0.326 e. The standard InChI is InChI=1S/C14H14F2N2O3/c1-8(4-5-17)13(14(20)21)18-12(19)6-9-2-3-10(15)7-11(9)16/h2-3,7-8,13H,4,6H2,1H3,(H,18,19)(H,20,21)/t8-,13-/m1/s1. The Labute approximate surface area is 120 Å². The predicted molar refractivity (Wildman–Crippen MR) is 69.0 cm³/mol. The average molecular weight is 296 g/mol. The highest BCUT2D eigenvalue weighted by Crippen LogP contribution is 2.12. The van der Waals surface area contributed by atoms with Crippen LogP contribution in [0, 0.1) is 28.9 Å². The number of nitrogens with one attached hydrogen (secondary N) is 1. The number of rotatable bonds is 6. The molecule has 0 fully saturated rings. The van der Waals surface area contributed by atoms with Crippen molar-refractivity contribution in [3.8, 4) is 6.07 Å². The van der Waals surface area contributed by atoms with Gasteiger partial charge in [0.15, 0.2) is 0 Å². The van der Waals surface area contributed by atoms with Gasteiger partial charge in [0.05, 0.1) is 12.5 Å². The summed E-state index contributed by atoms with van der Waals surface area (Å²) < 4.78 is 26.1. The molecule has 0 bridgehead atoms. The van der Waals surface area contributed by atoms with E-state index in [-0.39, 0.29) is 12.0 Å². The fourth-order valence-electron chi connectivity index (χ4n) is 1.77. The molecule has 0 radical (unpaired) electrons. The zero-order chi connectivity index (χ0) is 16.0. The maximum absolute atomic E-state index is 13.4.